The molecule has 2 aromatic rings. The van der Waals surface area contributed by atoms with Crippen LogP contribution in [-0.4, -0.2) is 12.6 Å². The van der Waals surface area contributed by atoms with E-state index in [0.29, 0.717) is 23.6 Å². The average Bonchev–Trinajstić information content (AvgIpc) is 3.38. The summed E-state index contributed by atoms with van der Waals surface area (Å²) < 4.78 is 11.0. The van der Waals surface area contributed by atoms with Gasteiger partial charge < -0.3 is 9.47 Å². The summed E-state index contributed by atoms with van der Waals surface area (Å²) in [6.07, 6.45) is 0.681. The third-order valence-electron chi connectivity index (χ3n) is 4.04. The molecule has 0 saturated heterocycles. The van der Waals surface area contributed by atoms with Gasteiger partial charge >= 0.3 is 5.97 Å². The molecule has 2 unspecified atom stereocenters. The van der Waals surface area contributed by atoms with Crippen molar-refractivity contribution in [1.82, 2.24) is 0 Å². The van der Waals surface area contributed by atoms with Crippen molar-refractivity contribution in [2.24, 2.45) is 5.92 Å². The van der Waals surface area contributed by atoms with Gasteiger partial charge in [-0.05, 0) is 37.0 Å². The van der Waals surface area contributed by atoms with Crippen LogP contribution in [0.3, 0.4) is 0 Å². The highest BCUT2D eigenvalue weighted by molar-refractivity contribution is 6.32. The summed E-state index contributed by atoms with van der Waals surface area (Å²) in [5, 5.41) is 9.85. The first-order valence-corrected chi connectivity index (χ1v) is 8.63. The molecule has 0 N–H and O–H groups in total. The highest BCUT2D eigenvalue weighted by atomic mass is 35.5. The van der Waals surface area contributed by atoms with Gasteiger partial charge in [0, 0.05) is 11.1 Å². The van der Waals surface area contributed by atoms with Gasteiger partial charge in [0.15, 0.2) is 11.5 Å². The lowest BCUT2D eigenvalue weighted by Gasteiger charge is -2.12. The van der Waals surface area contributed by atoms with Gasteiger partial charge in [0.25, 0.3) is 0 Å². The minimum Gasteiger partial charge on any atom is -0.490 e. The number of rotatable bonds is 5. The van der Waals surface area contributed by atoms with Crippen LogP contribution >= 0.6 is 23.2 Å². The number of nitriles is 1. The number of hydrogen-bond donors (Lipinski definition) is 0. The molecule has 25 heavy (non-hydrogen) atoms. The van der Waals surface area contributed by atoms with Gasteiger partial charge in [-0.1, -0.05) is 41.4 Å². The van der Waals surface area contributed by atoms with E-state index in [9.17, 15) is 4.79 Å². The maximum atomic E-state index is 12.5. The van der Waals surface area contributed by atoms with E-state index in [4.69, 9.17) is 37.9 Å². The number of hydrogen-bond acceptors (Lipinski definition) is 4. The quantitative estimate of drug-likeness (QED) is 0.546. The standard InChI is InChI=1S/C19H15Cl2NO3/c1-2-24-17-8-11(10-22)7-16(21)18(17)25-19(23)14-9-13(14)12-5-3-4-6-15(12)20/h3-8,13-14H,2,9H2,1H3. The number of nitrogens with zero attached hydrogens (tertiary/aromatic N) is 1. The fraction of sp³-hybridized carbons (Fsp3) is 0.263. The summed E-state index contributed by atoms with van der Waals surface area (Å²) in [4.78, 5) is 12.5. The normalized spacial score (nSPS) is 18.3. The van der Waals surface area contributed by atoms with Crippen molar-refractivity contribution < 1.29 is 14.3 Å². The summed E-state index contributed by atoms with van der Waals surface area (Å²) in [6.45, 7) is 2.16. The van der Waals surface area contributed by atoms with E-state index >= 15 is 0 Å². The van der Waals surface area contributed by atoms with Crippen molar-refractivity contribution in [3.63, 3.8) is 0 Å². The molecule has 2 atom stereocenters. The Balaban J connectivity index is 1.78. The molecule has 3 rings (SSSR count). The lowest BCUT2D eigenvalue weighted by Crippen LogP contribution is -2.13. The summed E-state index contributed by atoms with van der Waals surface area (Å²) in [6, 6.07) is 12.4. The van der Waals surface area contributed by atoms with Crippen LogP contribution in [0.15, 0.2) is 36.4 Å². The van der Waals surface area contributed by atoms with Gasteiger partial charge in [0.1, 0.15) is 0 Å². The number of carbonyl (C=O) groups excluding carboxylic acids is 1. The van der Waals surface area contributed by atoms with Crippen LogP contribution in [0.2, 0.25) is 10.0 Å². The first kappa shape index (κ1) is 17.6. The largest absolute Gasteiger partial charge is 0.490 e. The zero-order valence-electron chi connectivity index (χ0n) is 13.5. The summed E-state index contributed by atoms with van der Waals surface area (Å²) in [7, 11) is 0. The number of carbonyl (C=O) groups is 1. The molecule has 0 amide bonds. The van der Waals surface area contributed by atoms with E-state index in [1.54, 1.807) is 6.92 Å². The molecule has 0 bridgehead atoms. The molecule has 1 aliphatic carbocycles. The Kier molecular flexibility index (Phi) is 5.17. The van der Waals surface area contributed by atoms with Crippen molar-refractivity contribution in [3.05, 3.63) is 57.6 Å². The maximum absolute atomic E-state index is 12.5. The predicted octanol–water partition coefficient (Wildman–Crippen LogP) is 4.97. The fourth-order valence-electron chi connectivity index (χ4n) is 2.75. The van der Waals surface area contributed by atoms with E-state index in [2.05, 4.69) is 0 Å². The molecule has 1 fully saturated rings. The minimum absolute atomic E-state index is 0.0499. The van der Waals surface area contributed by atoms with E-state index in [1.165, 1.54) is 12.1 Å². The van der Waals surface area contributed by atoms with E-state index in [-0.39, 0.29) is 34.3 Å². The Labute approximate surface area is 155 Å². The molecule has 0 heterocycles. The van der Waals surface area contributed by atoms with Gasteiger partial charge in [-0.15, -0.1) is 0 Å². The number of ether oxygens (including phenoxy) is 2. The fourth-order valence-corrected chi connectivity index (χ4v) is 3.27. The Hall–Kier alpha value is -2.22. The van der Waals surface area contributed by atoms with Crippen LogP contribution in [0.25, 0.3) is 0 Å². The molecule has 4 nitrogen and oxygen atoms in total. The maximum Gasteiger partial charge on any atom is 0.315 e. The summed E-state index contributed by atoms with van der Waals surface area (Å²) in [5.41, 5.74) is 1.29. The summed E-state index contributed by atoms with van der Waals surface area (Å²) >= 11 is 12.4. The lowest BCUT2D eigenvalue weighted by molar-refractivity contribution is -0.136. The average molecular weight is 376 g/mol. The lowest BCUT2D eigenvalue weighted by atomic mass is 10.1. The highest BCUT2D eigenvalue weighted by Gasteiger charge is 2.46. The molecule has 1 saturated carbocycles. The Morgan fingerprint density at radius 3 is 2.72 bits per heavy atom. The molecule has 0 spiro atoms. The van der Waals surface area contributed by atoms with Gasteiger partial charge in [-0.3, -0.25) is 4.79 Å². The van der Waals surface area contributed by atoms with Crippen LogP contribution < -0.4 is 9.47 Å². The van der Waals surface area contributed by atoms with E-state index < -0.39 is 0 Å². The predicted molar refractivity (Wildman–Crippen MR) is 95.3 cm³/mol. The van der Waals surface area contributed by atoms with E-state index in [0.717, 1.165) is 5.56 Å². The van der Waals surface area contributed by atoms with Gasteiger partial charge in [0.2, 0.25) is 0 Å². The third kappa shape index (κ3) is 3.73. The Bertz CT molecular complexity index is 860. The monoisotopic (exact) mass is 375 g/mol. The smallest absolute Gasteiger partial charge is 0.315 e. The SMILES string of the molecule is CCOc1cc(C#N)cc(Cl)c1OC(=O)C1CC1c1ccccc1Cl. The number of esters is 1. The summed E-state index contributed by atoms with van der Waals surface area (Å²) in [5.74, 6) is -0.153. The number of benzene rings is 2. The molecule has 128 valence electrons. The van der Waals surface area contributed by atoms with Crippen LogP contribution in [0.4, 0.5) is 0 Å². The second-order valence-electron chi connectivity index (χ2n) is 5.72. The molecule has 0 radical (unpaired) electrons. The van der Waals surface area contributed by atoms with E-state index in [1.807, 2.05) is 30.3 Å². The van der Waals surface area contributed by atoms with Crippen LogP contribution in [0.5, 0.6) is 11.5 Å². The van der Waals surface area contributed by atoms with Crippen LogP contribution in [-0.2, 0) is 4.79 Å². The Morgan fingerprint density at radius 1 is 1.28 bits per heavy atom. The molecule has 0 aliphatic heterocycles. The van der Waals surface area contributed by atoms with Crippen LogP contribution in [0.1, 0.15) is 30.4 Å². The Morgan fingerprint density at radius 2 is 2.04 bits per heavy atom. The molecular weight excluding hydrogens is 361 g/mol. The zero-order valence-corrected chi connectivity index (χ0v) is 15.0. The molecule has 2 aromatic carbocycles. The van der Waals surface area contributed by atoms with Gasteiger partial charge in [-0.25, -0.2) is 0 Å². The van der Waals surface area contributed by atoms with Crippen molar-refractivity contribution in [3.8, 4) is 17.6 Å². The third-order valence-corrected chi connectivity index (χ3v) is 4.66. The molecular formula is C19H15Cl2NO3. The first-order chi connectivity index (χ1) is 12.0. The van der Waals surface area contributed by atoms with Crippen molar-refractivity contribution in [2.45, 2.75) is 19.3 Å². The van der Waals surface area contributed by atoms with Crippen LogP contribution in [0, 0.1) is 17.2 Å². The van der Waals surface area contributed by atoms with Crippen molar-refractivity contribution in [1.29, 1.82) is 5.26 Å². The topological polar surface area (TPSA) is 59.3 Å². The number of halogens is 2. The molecule has 0 aromatic heterocycles. The minimum atomic E-state index is -0.377. The second-order valence-corrected chi connectivity index (χ2v) is 6.54. The van der Waals surface area contributed by atoms with Gasteiger partial charge in [-0.2, -0.15) is 5.26 Å². The zero-order chi connectivity index (χ0) is 18.0. The van der Waals surface area contributed by atoms with Crippen molar-refractivity contribution in [2.75, 3.05) is 6.61 Å². The molecule has 6 heteroatoms. The van der Waals surface area contributed by atoms with Crippen molar-refractivity contribution >= 4 is 29.2 Å². The first-order valence-electron chi connectivity index (χ1n) is 7.87. The molecule has 1 aliphatic rings. The van der Waals surface area contributed by atoms with Gasteiger partial charge in [0.05, 0.1) is 29.2 Å². The highest BCUT2D eigenvalue weighted by Crippen LogP contribution is 2.50. The second kappa shape index (κ2) is 7.35.